The fraction of sp³-hybridized carbons (Fsp3) is 0.333. The van der Waals surface area contributed by atoms with Crippen molar-refractivity contribution in [2.45, 2.75) is 19.3 Å². The molecule has 0 saturated heterocycles. The maximum atomic E-state index is 5.19. The third-order valence-corrected chi connectivity index (χ3v) is 2.58. The molecule has 0 aliphatic carbocycles. The molecule has 0 spiro atoms. The Morgan fingerprint density at radius 3 is 2.47 bits per heavy atom. The molecular weight excluding hydrogens is 212 g/mol. The molecule has 0 fully saturated rings. The average Bonchev–Trinajstić information content (AvgIpc) is 2.39. The number of benzene rings is 1. The van der Waals surface area contributed by atoms with Crippen LogP contribution in [-0.2, 0) is 15.9 Å². The van der Waals surface area contributed by atoms with Gasteiger partial charge >= 0.3 is 0 Å². The molecule has 1 rings (SSSR count). The summed E-state index contributed by atoms with van der Waals surface area (Å²) in [6.45, 7) is 3.77. The Bertz CT molecular complexity index is 366. The van der Waals surface area contributed by atoms with Crippen molar-refractivity contribution < 1.29 is 9.47 Å². The molecule has 17 heavy (non-hydrogen) atoms. The maximum Gasteiger partial charge on any atom is 0.156 e. The van der Waals surface area contributed by atoms with Crippen molar-refractivity contribution in [2.24, 2.45) is 0 Å². The first-order valence-corrected chi connectivity index (χ1v) is 5.79. The molecule has 1 aromatic rings. The molecule has 1 aromatic carbocycles. The van der Waals surface area contributed by atoms with E-state index in [1.807, 2.05) is 12.1 Å². The van der Waals surface area contributed by atoms with Crippen LogP contribution in [0.1, 0.15) is 18.4 Å². The zero-order chi connectivity index (χ0) is 12.5. The third-order valence-electron chi connectivity index (χ3n) is 2.58. The Labute approximate surface area is 104 Å². The summed E-state index contributed by atoms with van der Waals surface area (Å²) >= 11 is 0. The zero-order valence-corrected chi connectivity index (χ0v) is 10.6. The Balaban J connectivity index is 2.36. The molecule has 0 atom stereocenters. The van der Waals surface area contributed by atoms with Crippen LogP contribution in [0.3, 0.4) is 0 Å². The van der Waals surface area contributed by atoms with Gasteiger partial charge < -0.3 is 9.47 Å². The highest BCUT2D eigenvalue weighted by Gasteiger charge is 2.00. The van der Waals surface area contributed by atoms with Crippen LogP contribution >= 0.6 is 0 Å². The number of hydrogen-bond acceptors (Lipinski definition) is 2. The largest absolute Gasteiger partial charge is 0.494 e. The molecular formula is C15H20O2. The third kappa shape index (κ3) is 4.77. The summed E-state index contributed by atoms with van der Waals surface area (Å²) in [4.78, 5) is 0. The lowest BCUT2D eigenvalue weighted by molar-refractivity contribution is 0.220. The fourth-order valence-electron chi connectivity index (χ4n) is 1.60. The molecule has 0 radical (unpaired) electrons. The second kappa shape index (κ2) is 7.55. The average molecular weight is 232 g/mol. The number of hydrogen-bond donors (Lipinski definition) is 0. The van der Waals surface area contributed by atoms with Gasteiger partial charge in [0.25, 0.3) is 0 Å². The molecule has 0 amide bonds. The minimum absolute atomic E-state index is 0.576. The van der Waals surface area contributed by atoms with Crippen molar-refractivity contribution in [2.75, 3.05) is 14.2 Å². The molecule has 0 saturated carbocycles. The van der Waals surface area contributed by atoms with Gasteiger partial charge in [-0.25, -0.2) is 0 Å². The van der Waals surface area contributed by atoms with Crippen molar-refractivity contribution in [3.8, 4) is 0 Å². The van der Waals surface area contributed by atoms with Crippen LogP contribution in [0, 0.1) is 0 Å². The van der Waals surface area contributed by atoms with Crippen LogP contribution in [0.5, 0.6) is 0 Å². The lowest BCUT2D eigenvalue weighted by Gasteiger charge is -2.07. The second-order valence-electron chi connectivity index (χ2n) is 3.78. The molecule has 0 aliphatic rings. The van der Waals surface area contributed by atoms with E-state index in [4.69, 9.17) is 9.47 Å². The highest BCUT2D eigenvalue weighted by atomic mass is 16.5. The summed E-state index contributed by atoms with van der Waals surface area (Å²) in [6.07, 6.45) is 5.15. The van der Waals surface area contributed by atoms with E-state index in [1.54, 1.807) is 14.2 Å². The normalized spacial score (nSPS) is 11.1. The van der Waals surface area contributed by atoms with Crippen molar-refractivity contribution in [3.05, 3.63) is 60.1 Å². The monoisotopic (exact) mass is 232 g/mol. The van der Waals surface area contributed by atoms with Crippen LogP contribution in [0.4, 0.5) is 0 Å². The standard InChI is InChI=1S/C15H20O2/c1-13(16-2)15(17-3)12-8-7-11-14-9-5-4-6-10-14/h4-6,9-10,12H,1,7-8,11H2,2-3H3. The van der Waals surface area contributed by atoms with Gasteiger partial charge in [-0.3, -0.25) is 0 Å². The van der Waals surface area contributed by atoms with Crippen LogP contribution in [-0.4, -0.2) is 14.2 Å². The number of rotatable bonds is 7. The Hall–Kier alpha value is -1.70. The van der Waals surface area contributed by atoms with Crippen molar-refractivity contribution in [1.82, 2.24) is 0 Å². The van der Waals surface area contributed by atoms with Gasteiger partial charge in [0.05, 0.1) is 14.2 Å². The van der Waals surface area contributed by atoms with Gasteiger partial charge in [-0.05, 0) is 30.9 Å². The topological polar surface area (TPSA) is 18.5 Å². The van der Waals surface area contributed by atoms with Gasteiger partial charge in [0, 0.05) is 0 Å². The van der Waals surface area contributed by atoms with Gasteiger partial charge in [0.15, 0.2) is 11.5 Å². The van der Waals surface area contributed by atoms with Crippen molar-refractivity contribution in [3.63, 3.8) is 0 Å². The zero-order valence-electron chi connectivity index (χ0n) is 10.6. The summed E-state index contributed by atoms with van der Waals surface area (Å²) in [7, 11) is 3.23. The highest BCUT2D eigenvalue weighted by Crippen LogP contribution is 2.12. The van der Waals surface area contributed by atoms with Gasteiger partial charge in [0.1, 0.15) is 0 Å². The predicted octanol–water partition coefficient (Wildman–Crippen LogP) is 3.70. The SMILES string of the molecule is C=C(OC)C(=CCCCc1ccccc1)OC. The van der Waals surface area contributed by atoms with Gasteiger partial charge in [-0.2, -0.15) is 0 Å². The van der Waals surface area contributed by atoms with E-state index in [-0.39, 0.29) is 0 Å². The molecule has 92 valence electrons. The molecule has 0 heterocycles. The summed E-state index contributed by atoms with van der Waals surface area (Å²) in [5.74, 6) is 1.30. The Morgan fingerprint density at radius 2 is 1.88 bits per heavy atom. The molecule has 0 aliphatic heterocycles. The van der Waals surface area contributed by atoms with Gasteiger partial charge in [-0.15, -0.1) is 0 Å². The first-order chi connectivity index (χ1) is 8.27. The summed E-state index contributed by atoms with van der Waals surface area (Å²) in [5, 5.41) is 0. The molecule has 0 bridgehead atoms. The van der Waals surface area contributed by atoms with Crippen LogP contribution < -0.4 is 0 Å². The van der Waals surface area contributed by atoms with E-state index in [2.05, 4.69) is 30.8 Å². The first kappa shape index (κ1) is 13.4. The van der Waals surface area contributed by atoms with E-state index in [9.17, 15) is 0 Å². The maximum absolute atomic E-state index is 5.19. The number of aryl methyl sites for hydroxylation is 1. The first-order valence-electron chi connectivity index (χ1n) is 5.79. The summed E-state index contributed by atoms with van der Waals surface area (Å²) in [6, 6.07) is 10.5. The van der Waals surface area contributed by atoms with E-state index < -0.39 is 0 Å². The van der Waals surface area contributed by atoms with E-state index in [0.717, 1.165) is 25.0 Å². The lowest BCUT2D eigenvalue weighted by atomic mass is 10.1. The highest BCUT2D eigenvalue weighted by molar-refractivity contribution is 5.17. The molecule has 0 aromatic heterocycles. The lowest BCUT2D eigenvalue weighted by Crippen LogP contribution is -1.94. The minimum atomic E-state index is 0.576. The van der Waals surface area contributed by atoms with Crippen molar-refractivity contribution >= 4 is 0 Å². The summed E-state index contributed by atoms with van der Waals surface area (Å²) < 4.78 is 10.2. The minimum Gasteiger partial charge on any atom is -0.494 e. The molecule has 2 heteroatoms. The van der Waals surface area contributed by atoms with E-state index in [1.165, 1.54) is 5.56 Å². The quantitative estimate of drug-likeness (QED) is 0.405. The van der Waals surface area contributed by atoms with Crippen LogP contribution in [0.15, 0.2) is 54.5 Å². The fourth-order valence-corrected chi connectivity index (χ4v) is 1.60. The summed E-state index contributed by atoms with van der Waals surface area (Å²) in [5.41, 5.74) is 1.37. The van der Waals surface area contributed by atoms with E-state index >= 15 is 0 Å². The Morgan fingerprint density at radius 1 is 1.18 bits per heavy atom. The van der Waals surface area contributed by atoms with Crippen molar-refractivity contribution in [1.29, 1.82) is 0 Å². The molecule has 2 nitrogen and oxygen atoms in total. The van der Waals surface area contributed by atoms with Gasteiger partial charge in [-0.1, -0.05) is 36.9 Å². The number of ether oxygens (including phenoxy) is 2. The molecule has 0 N–H and O–H groups in total. The molecule has 0 unspecified atom stereocenters. The van der Waals surface area contributed by atoms with E-state index in [0.29, 0.717) is 5.76 Å². The van der Waals surface area contributed by atoms with Gasteiger partial charge in [0.2, 0.25) is 0 Å². The van der Waals surface area contributed by atoms with Crippen LogP contribution in [0.2, 0.25) is 0 Å². The number of methoxy groups -OCH3 is 2. The van der Waals surface area contributed by atoms with Crippen LogP contribution in [0.25, 0.3) is 0 Å². The Kier molecular flexibility index (Phi) is 5.94. The number of allylic oxidation sites excluding steroid dienone is 1. The number of unbranched alkanes of at least 4 members (excludes halogenated alkanes) is 1. The smallest absolute Gasteiger partial charge is 0.156 e. The predicted molar refractivity (Wildman–Crippen MR) is 70.6 cm³/mol. The second-order valence-corrected chi connectivity index (χ2v) is 3.78.